The summed E-state index contributed by atoms with van der Waals surface area (Å²) in [4.78, 5) is 26.2. The zero-order valence-corrected chi connectivity index (χ0v) is 20.9. The lowest BCUT2D eigenvalue weighted by atomic mass is 9.82. The van der Waals surface area contributed by atoms with E-state index in [0.717, 1.165) is 32.1 Å². The van der Waals surface area contributed by atoms with Gasteiger partial charge in [-0.05, 0) is 93.9 Å². The SMILES string of the molecule is CC(C)(C)C(ON1C(C)(C)CCCC1(C)C)C(=O)ON1C(C)(C)CCCC1(C)C. The summed E-state index contributed by atoms with van der Waals surface area (Å²) >= 11 is 0. The minimum Gasteiger partial charge on any atom is -0.364 e. The van der Waals surface area contributed by atoms with Gasteiger partial charge >= 0.3 is 5.97 Å². The second kappa shape index (κ2) is 7.80. The highest BCUT2D eigenvalue weighted by Crippen LogP contribution is 2.42. The molecule has 0 aromatic rings. The van der Waals surface area contributed by atoms with Crippen LogP contribution in [0.2, 0.25) is 0 Å². The first-order valence-corrected chi connectivity index (χ1v) is 11.4. The Bertz CT molecular complexity index is 570. The molecule has 2 rings (SSSR count). The maximum atomic E-state index is 13.5. The van der Waals surface area contributed by atoms with Gasteiger partial charge in [-0.3, -0.25) is 4.84 Å². The zero-order chi connectivity index (χ0) is 22.5. The summed E-state index contributed by atoms with van der Waals surface area (Å²) in [5.41, 5.74) is -1.03. The Morgan fingerprint density at radius 1 is 0.724 bits per heavy atom. The smallest absolute Gasteiger partial charge is 0.356 e. The van der Waals surface area contributed by atoms with Gasteiger partial charge in [0.1, 0.15) is 0 Å². The molecule has 2 aliphatic heterocycles. The van der Waals surface area contributed by atoms with Crippen LogP contribution in [-0.4, -0.2) is 44.4 Å². The van der Waals surface area contributed by atoms with Crippen LogP contribution >= 0.6 is 0 Å². The Labute approximate surface area is 179 Å². The lowest BCUT2D eigenvalue weighted by Crippen LogP contribution is -2.63. The molecule has 0 aliphatic carbocycles. The van der Waals surface area contributed by atoms with Gasteiger partial charge in [0.25, 0.3) is 0 Å². The summed E-state index contributed by atoms with van der Waals surface area (Å²) in [7, 11) is 0. The minimum atomic E-state index is -0.673. The summed E-state index contributed by atoms with van der Waals surface area (Å²) in [6.07, 6.45) is 5.76. The van der Waals surface area contributed by atoms with Crippen molar-refractivity contribution in [1.29, 1.82) is 0 Å². The van der Waals surface area contributed by atoms with E-state index in [9.17, 15) is 4.79 Å². The third kappa shape index (κ3) is 5.34. The number of piperidine rings is 2. The van der Waals surface area contributed by atoms with Gasteiger partial charge in [-0.15, -0.1) is 5.06 Å². The van der Waals surface area contributed by atoms with Crippen molar-refractivity contribution in [2.24, 2.45) is 5.41 Å². The van der Waals surface area contributed by atoms with Crippen LogP contribution in [0.4, 0.5) is 0 Å². The Balaban J connectivity index is 2.29. The van der Waals surface area contributed by atoms with Gasteiger partial charge in [0.15, 0.2) is 6.10 Å². The molecule has 0 saturated carbocycles. The standard InChI is InChI=1S/C24H46N2O3/c1-20(2,3)18(28-25-21(4,5)14-12-15-22(25,6)7)19(27)29-26-23(8,9)16-13-17-24(26,10)11/h18H,12-17H2,1-11H3. The number of nitrogens with zero attached hydrogens (tertiary/aromatic N) is 2. The Kier molecular flexibility index (Phi) is 6.62. The van der Waals surface area contributed by atoms with Gasteiger partial charge in [0.2, 0.25) is 0 Å². The number of rotatable bonds is 4. The molecule has 2 fully saturated rings. The quantitative estimate of drug-likeness (QED) is 0.579. The number of carbonyl (C=O) groups excluding carboxylic acids is 1. The van der Waals surface area contributed by atoms with E-state index >= 15 is 0 Å². The minimum absolute atomic E-state index is 0.130. The molecule has 170 valence electrons. The molecule has 2 saturated heterocycles. The summed E-state index contributed by atoms with van der Waals surface area (Å²) in [6, 6.07) is 0. The van der Waals surface area contributed by atoms with Gasteiger partial charge in [-0.25, -0.2) is 4.79 Å². The molecular formula is C24H46N2O3. The van der Waals surface area contributed by atoms with E-state index in [0.29, 0.717) is 0 Å². The van der Waals surface area contributed by atoms with Crippen LogP contribution in [-0.2, 0) is 14.5 Å². The normalized spacial score (nSPS) is 28.0. The molecule has 0 amide bonds. The first-order valence-electron chi connectivity index (χ1n) is 11.4. The first-order chi connectivity index (χ1) is 12.9. The molecule has 0 radical (unpaired) electrons. The van der Waals surface area contributed by atoms with Gasteiger partial charge in [-0.2, -0.15) is 5.06 Å². The molecule has 0 aromatic carbocycles. The fourth-order valence-corrected chi connectivity index (χ4v) is 5.28. The Morgan fingerprint density at radius 3 is 1.41 bits per heavy atom. The van der Waals surface area contributed by atoms with E-state index in [-0.39, 0.29) is 33.5 Å². The molecule has 2 aliphatic rings. The van der Waals surface area contributed by atoms with E-state index in [2.05, 4.69) is 81.2 Å². The average Bonchev–Trinajstić information content (AvgIpc) is 2.47. The van der Waals surface area contributed by atoms with Crippen molar-refractivity contribution in [3.8, 4) is 0 Å². The van der Waals surface area contributed by atoms with E-state index in [1.807, 2.05) is 5.06 Å². The fraction of sp³-hybridized carbons (Fsp3) is 0.958. The van der Waals surface area contributed by atoms with Crippen molar-refractivity contribution in [2.45, 2.75) is 143 Å². The highest BCUT2D eigenvalue weighted by Gasteiger charge is 2.50. The van der Waals surface area contributed by atoms with Gasteiger partial charge in [-0.1, -0.05) is 20.8 Å². The average molecular weight is 411 g/mol. The lowest BCUT2D eigenvalue weighted by molar-refractivity contribution is -0.330. The molecule has 2 heterocycles. The molecule has 5 nitrogen and oxygen atoms in total. The second-order valence-corrected chi connectivity index (χ2v) is 12.8. The Hall–Kier alpha value is -0.650. The Morgan fingerprint density at radius 2 is 1.07 bits per heavy atom. The maximum absolute atomic E-state index is 13.5. The van der Waals surface area contributed by atoms with Crippen molar-refractivity contribution in [3.05, 3.63) is 0 Å². The molecule has 0 aromatic heterocycles. The van der Waals surface area contributed by atoms with Crippen molar-refractivity contribution < 1.29 is 14.5 Å². The fourth-order valence-electron chi connectivity index (χ4n) is 5.28. The molecule has 0 bridgehead atoms. The van der Waals surface area contributed by atoms with E-state index in [4.69, 9.17) is 9.68 Å². The summed E-state index contributed by atoms with van der Waals surface area (Å²) < 4.78 is 0. The highest BCUT2D eigenvalue weighted by atomic mass is 16.8. The molecule has 1 atom stereocenters. The van der Waals surface area contributed by atoms with E-state index < -0.39 is 6.10 Å². The van der Waals surface area contributed by atoms with Crippen LogP contribution in [0.1, 0.15) is 115 Å². The third-order valence-corrected chi connectivity index (χ3v) is 6.75. The lowest BCUT2D eigenvalue weighted by Gasteiger charge is -2.54. The second-order valence-electron chi connectivity index (χ2n) is 12.8. The monoisotopic (exact) mass is 410 g/mol. The van der Waals surface area contributed by atoms with Crippen molar-refractivity contribution in [2.75, 3.05) is 0 Å². The number of hydrogen-bond acceptors (Lipinski definition) is 5. The van der Waals surface area contributed by atoms with Crippen molar-refractivity contribution in [3.63, 3.8) is 0 Å². The summed E-state index contributed by atoms with van der Waals surface area (Å²) in [5.74, 6) is -0.294. The van der Waals surface area contributed by atoms with Gasteiger partial charge in [0, 0.05) is 16.5 Å². The van der Waals surface area contributed by atoms with Crippen LogP contribution in [0.3, 0.4) is 0 Å². The van der Waals surface area contributed by atoms with Crippen molar-refractivity contribution >= 4 is 5.97 Å². The van der Waals surface area contributed by atoms with Crippen LogP contribution in [0.15, 0.2) is 0 Å². The van der Waals surface area contributed by atoms with Crippen molar-refractivity contribution in [1.82, 2.24) is 10.1 Å². The maximum Gasteiger partial charge on any atom is 0.356 e. The zero-order valence-electron chi connectivity index (χ0n) is 20.9. The molecule has 0 spiro atoms. The number of hydrogen-bond donors (Lipinski definition) is 0. The largest absolute Gasteiger partial charge is 0.364 e. The predicted octanol–water partition coefficient (Wildman–Crippen LogP) is 5.88. The first kappa shape index (κ1) is 24.6. The van der Waals surface area contributed by atoms with Crippen LogP contribution in [0.5, 0.6) is 0 Å². The number of carbonyl (C=O) groups is 1. The van der Waals surface area contributed by atoms with E-state index in [1.165, 1.54) is 6.42 Å². The molecular weight excluding hydrogens is 364 g/mol. The van der Waals surface area contributed by atoms with Gasteiger partial charge < -0.3 is 4.84 Å². The summed E-state index contributed by atoms with van der Waals surface area (Å²) in [5, 5.41) is 4.01. The summed E-state index contributed by atoms with van der Waals surface area (Å²) in [6.45, 7) is 23.6. The molecule has 1 unspecified atom stereocenters. The van der Waals surface area contributed by atoms with Gasteiger partial charge in [0.05, 0.1) is 11.1 Å². The molecule has 5 heteroatoms. The highest BCUT2D eigenvalue weighted by molar-refractivity contribution is 5.75. The van der Waals surface area contributed by atoms with E-state index in [1.54, 1.807) is 0 Å². The number of hydroxylamine groups is 4. The van der Waals surface area contributed by atoms with Crippen LogP contribution in [0.25, 0.3) is 0 Å². The molecule has 29 heavy (non-hydrogen) atoms. The van der Waals surface area contributed by atoms with Crippen LogP contribution in [0, 0.1) is 5.41 Å². The topological polar surface area (TPSA) is 42.0 Å². The third-order valence-electron chi connectivity index (χ3n) is 6.75. The molecule has 0 N–H and O–H groups in total. The predicted molar refractivity (Wildman–Crippen MR) is 118 cm³/mol. The van der Waals surface area contributed by atoms with Crippen LogP contribution < -0.4 is 0 Å².